The lowest BCUT2D eigenvalue weighted by atomic mass is 10.2. The zero-order valence-electron chi connectivity index (χ0n) is 10.2. The molecule has 4 nitrogen and oxygen atoms in total. The summed E-state index contributed by atoms with van der Waals surface area (Å²) in [6.45, 7) is 0. The maximum atomic E-state index is 13.5. The minimum absolute atomic E-state index is 0.145. The van der Waals surface area contributed by atoms with E-state index >= 15 is 0 Å². The van der Waals surface area contributed by atoms with Gasteiger partial charge in [-0.1, -0.05) is 30.3 Å². The molecule has 94 valence electrons. The van der Waals surface area contributed by atoms with Crippen LogP contribution in [0.5, 0.6) is 5.75 Å². The van der Waals surface area contributed by atoms with Crippen LogP contribution in [0.2, 0.25) is 0 Å². The van der Waals surface area contributed by atoms with Gasteiger partial charge in [-0.05, 0) is 0 Å². The third-order valence-electron chi connectivity index (χ3n) is 2.76. The highest BCUT2D eigenvalue weighted by atomic mass is 19.1. The Hall–Kier alpha value is -2.56. The van der Waals surface area contributed by atoms with Crippen LogP contribution in [0.3, 0.4) is 0 Å². The third-order valence-corrected chi connectivity index (χ3v) is 2.76. The van der Waals surface area contributed by atoms with Gasteiger partial charge in [-0.25, -0.2) is 9.37 Å². The quantitative estimate of drug-likeness (QED) is 0.706. The van der Waals surface area contributed by atoms with Gasteiger partial charge < -0.3 is 4.74 Å². The molecular weight excluding hydrogens is 245 g/mol. The summed E-state index contributed by atoms with van der Waals surface area (Å²) in [5, 5.41) is 7.99. The molecule has 19 heavy (non-hydrogen) atoms. The van der Waals surface area contributed by atoms with Gasteiger partial charge in [0.2, 0.25) is 0 Å². The van der Waals surface area contributed by atoms with Crippen LogP contribution in [0.4, 0.5) is 4.39 Å². The number of nitrogens with zero attached hydrogens (tertiary/aromatic N) is 3. The summed E-state index contributed by atoms with van der Waals surface area (Å²) in [5.41, 5.74) is 1.81. The standard InChI is InChI=1S/C14H10FN3O/c1-19-13-8-11-12(7-10(13)15)17-18-14(16-11)9-5-3-2-4-6-9/h2-8H,1H3. The molecule has 0 aliphatic heterocycles. The van der Waals surface area contributed by atoms with Crippen LogP contribution >= 0.6 is 0 Å². The Morgan fingerprint density at radius 3 is 2.53 bits per heavy atom. The Labute approximate surface area is 108 Å². The summed E-state index contributed by atoms with van der Waals surface area (Å²) in [5.74, 6) is 0.173. The van der Waals surface area contributed by atoms with E-state index in [2.05, 4.69) is 15.2 Å². The molecular formula is C14H10FN3O. The molecule has 0 radical (unpaired) electrons. The zero-order valence-corrected chi connectivity index (χ0v) is 10.2. The van der Waals surface area contributed by atoms with Gasteiger partial charge in [0.1, 0.15) is 5.52 Å². The summed E-state index contributed by atoms with van der Waals surface area (Å²) < 4.78 is 18.5. The zero-order chi connectivity index (χ0) is 13.2. The smallest absolute Gasteiger partial charge is 0.182 e. The Bertz CT molecular complexity index is 731. The van der Waals surface area contributed by atoms with Crippen molar-refractivity contribution in [3.8, 4) is 17.1 Å². The molecule has 0 aliphatic rings. The van der Waals surface area contributed by atoms with Gasteiger partial charge >= 0.3 is 0 Å². The second kappa shape index (κ2) is 4.61. The van der Waals surface area contributed by atoms with E-state index in [-0.39, 0.29) is 5.75 Å². The lowest BCUT2D eigenvalue weighted by Crippen LogP contribution is -1.96. The first-order chi connectivity index (χ1) is 9.28. The molecule has 0 amide bonds. The van der Waals surface area contributed by atoms with Crippen LogP contribution < -0.4 is 4.74 Å². The van der Waals surface area contributed by atoms with Gasteiger partial charge in [0.05, 0.1) is 12.6 Å². The summed E-state index contributed by atoms with van der Waals surface area (Å²) >= 11 is 0. The van der Waals surface area contributed by atoms with Crippen molar-refractivity contribution in [2.75, 3.05) is 7.11 Å². The van der Waals surface area contributed by atoms with Crippen molar-refractivity contribution >= 4 is 11.0 Å². The van der Waals surface area contributed by atoms with E-state index in [1.54, 1.807) is 0 Å². The van der Waals surface area contributed by atoms with Crippen molar-refractivity contribution in [2.24, 2.45) is 0 Å². The molecule has 0 bridgehead atoms. The Morgan fingerprint density at radius 1 is 1.00 bits per heavy atom. The number of halogens is 1. The van der Waals surface area contributed by atoms with E-state index in [1.165, 1.54) is 19.2 Å². The largest absolute Gasteiger partial charge is 0.494 e. The summed E-state index contributed by atoms with van der Waals surface area (Å²) in [6, 6.07) is 12.3. The molecule has 1 heterocycles. The average molecular weight is 255 g/mol. The molecule has 5 heteroatoms. The fraction of sp³-hybridized carbons (Fsp3) is 0.0714. The van der Waals surface area contributed by atoms with Crippen molar-refractivity contribution in [1.82, 2.24) is 15.2 Å². The van der Waals surface area contributed by atoms with Gasteiger partial charge in [-0.3, -0.25) is 0 Å². The maximum absolute atomic E-state index is 13.5. The van der Waals surface area contributed by atoms with Crippen LogP contribution in [0.15, 0.2) is 42.5 Å². The van der Waals surface area contributed by atoms with Crippen LogP contribution in [0.1, 0.15) is 0 Å². The van der Waals surface area contributed by atoms with Crippen LogP contribution in [0.25, 0.3) is 22.4 Å². The van der Waals surface area contributed by atoms with E-state index in [1.807, 2.05) is 30.3 Å². The van der Waals surface area contributed by atoms with Gasteiger partial charge in [0.25, 0.3) is 0 Å². The first-order valence-corrected chi connectivity index (χ1v) is 5.71. The molecule has 0 spiro atoms. The molecule has 0 atom stereocenters. The average Bonchev–Trinajstić information content (AvgIpc) is 2.47. The topological polar surface area (TPSA) is 47.9 Å². The normalized spacial score (nSPS) is 10.6. The fourth-order valence-corrected chi connectivity index (χ4v) is 1.81. The van der Waals surface area contributed by atoms with E-state index in [0.29, 0.717) is 16.9 Å². The van der Waals surface area contributed by atoms with E-state index in [0.717, 1.165) is 5.56 Å². The molecule has 0 fully saturated rings. The highest BCUT2D eigenvalue weighted by Crippen LogP contribution is 2.23. The minimum atomic E-state index is -0.474. The Morgan fingerprint density at radius 2 is 1.79 bits per heavy atom. The van der Waals surface area contributed by atoms with Gasteiger partial charge in [0, 0.05) is 17.7 Å². The summed E-state index contributed by atoms with van der Waals surface area (Å²) in [7, 11) is 1.41. The molecule has 0 unspecified atom stereocenters. The number of rotatable bonds is 2. The minimum Gasteiger partial charge on any atom is -0.494 e. The van der Waals surface area contributed by atoms with Crippen molar-refractivity contribution in [1.29, 1.82) is 0 Å². The number of hydrogen-bond acceptors (Lipinski definition) is 4. The van der Waals surface area contributed by atoms with E-state index in [4.69, 9.17) is 4.74 Å². The number of ether oxygens (including phenoxy) is 1. The SMILES string of the molecule is COc1cc2nc(-c3ccccc3)nnc2cc1F. The van der Waals surface area contributed by atoms with E-state index in [9.17, 15) is 4.39 Å². The highest BCUT2D eigenvalue weighted by molar-refractivity contribution is 5.77. The first kappa shape index (κ1) is 11.5. The molecule has 3 aromatic rings. The monoisotopic (exact) mass is 255 g/mol. The van der Waals surface area contributed by atoms with Crippen molar-refractivity contribution in [3.63, 3.8) is 0 Å². The molecule has 1 aromatic heterocycles. The van der Waals surface area contributed by atoms with Crippen LogP contribution in [-0.4, -0.2) is 22.3 Å². The van der Waals surface area contributed by atoms with Crippen molar-refractivity contribution in [3.05, 3.63) is 48.3 Å². The molecule has 2 aromatic carbocycles. The molecule has 0 saturated heterocycles. The Balaban J connectivity index is 2.18. The predicted molar refractivity (Wildman–Crippen MR) is 69.3 cm³/mol. The number of aromatic nitrogens is 3. The van der Waals surface area contributed by atoms with Crippen LogP contribution in [-0.2, 0) is 0 Å². The van der Waals surface area contributed by atoms with Gasteiger partial charge in [-0.2, -0.15) is 0 Å². The molecule has 3 rings (SSSR count). The molecule has 0 saturated carbocycles. The lowest BCUT2D eigenvalue weighted by Gasteiger charge is -2.04. The van der Waals surface area contributed by atoms with Gasteiger partial charge in [-0.15, -0.1) is 10.2 Å². The number of benzene rings is 2. The fourth-order valence-electron chi connectivity index (χ4n) is 1.81. The highest BCUT2D eigenvalue weighted by Gasteiger charge is 2.09. The first-order valence-electron chi connectivity index (χ1n) is 5.71. The number of fused-ring (bicyclic) bond motifs is 1. The molecule has 0 aliphatic carbocycles. The van der Waals surface area contributed by atoms with E-state index < -0.39 is 5.82 Å². The van der Waals surface area contributed by atoms with Gasteiger partial charge in [0.15, 0.2) is 17.4 Å². The van der Waals surface area contributed by atoms with Crippen molar-refractivity contribution < 1.29 is 9.13 Å². The van der Waals surface area contributed by atoms with Crippen molar-refractivity contribution in [2.45, 2.75) is 0 Å². The molecule has 0 N–H and O–H groups in total. The second-order valence-corrected chi connectivity index (χ2v) is 3.98. The maximum Gasteiger partial charge on any atom is 0.182 e. The Kier molecular flexibility index (Phi) is 2.79. The van der Waals surface area contributed by atoms with Crippen LogP contribution in [0, 0.1) is 5.82 Å². The number of hydrogen-bond donors (Lipinski definition) is 0. The number of methoxy groups -OCH3 is 1. The summed E-state index contributed by atoms with van der Waals surface area (Å²) in [6.07, 6.45) is 0. The third kappa shape index (κ3) is 2.10. The lowest BCUT2D eigenvalue weighted by molar-refractivity contribution is 0.387. The summed E-state index contributed by atoms with van der Waals surface area (Å²) in [4.78, 5) is 4.37. The predicted octanol–water partition coefficient (Wildman–Crippen LogP) is 2.84. The second-order valence-electron chi connectivity index (χ2n) is 3.98.